The number of para-hydroxylation sites is 1. The number of sulfonamides is 1. The highest BCUT2D eigenvalue weighted by Crippen LogP contribution is 2.24. The molecule has 7 nitrogen and oxygen atoms in total. The van der Waals surface area contributed by atoms with Crippen LogP contribution in [0.2, 0.25) is 0 Å². The summed E-state index contributed by atoms with van der Waals surface area (Å²) < 4.78 is 28.4. The van der Waals surface area contributed by atoms with Crippen LogP contribution in [0.15, 0.2) is 95.9 Å². The van der Waals surface area contributed by atoms with Crippen LogP contribution in [0.3, 0.4) is 0 Å². The summed E-state index contributed by atoms with van der Waals surface area (Å²) in [5.41, 5.74) is 1.40. The van der Waals surface area contributed by atoms with Gasteiger partial charge in [-0.1, -0.05) is 80.1 Å². The van der Waals surface area contributed by atoms with Gasteiger partial charge in [-0.3, -0.25) is 13.9 Å². The summed E-state index contributed by atoms with van der Waals surface area (Å²) in [5.74, 6) is -0.704. The van der Waals surface area contributed by atoms with E-state index < -0.39 is 28.5 Å². The Morgan fingerprint density at radius 2 is 1.43 bits per heavy atom. The molecule has 0 aliphatic carbocycles. The topological polar surface area (TPSA) is 86.8 Å². The molecule has 196 valence electrons. The number of benzene rings is 3. The van der Waals surface area contributed by atoms with Crippen molar-refractivity contribution in [3.05, 3.63) is 96.6 Å². The highest BCUT2D eigenvalue weighted by atomic mass is 32.2. The largest absolute Gasteiger partial charge is 0.354 e. The SMILES string of the molecule is CCCCNC(=O)[C@H](C)N(CCc1ccccc1)C(=O)CN(c1ccccc1)S(=O)(=O)c1ccccc1. The fourth-order valence-electron chi connectivity index (χ4n) is 3.95. The van der Waals surface area contributed by atoms with Gasteiger partial charge >= 0.3 is 0 Å². The van der Waals surface area contributed by atoms with Crippen molar-refractivity contribution in [2.75, 3.05) is 23.9 Å². The van der Waals surface area contributed by atoms with Crippen LogP contribution in [0.1, 0.15) is 32.3 Å². The summed E-state index contributed by atoms with van der Waals surface area (Å²) in [6.07, 6.45) is 2.32. The Kier molecular flexibility index (Phi) is 10.3. The Hall–Kier alpha value is -3.65. The summed E-state index contributed by atoms with van der Waals surface area (Å²) in [5, 5.41) is 2.89. The molecular weight excluding hydrogens is 486 g/mol. The van der Waals surface area contributed by atoms with E-state index in [1.165, 1.54) is 17.0 Å². The van der Waals surface area contributed by atoms with Crippen LogP contribution in [0, 0.1) is 0 Å². The van der Waals surface area contributed by atoms with Gasteiger partial charge in [0.15, 0.2) is 0 Å². The molecule has 1 N–H and O–H groups in total. The van der Waals surface area contributed by atoms with Gasteiger partial charge in [-0.2, -0.15) is 0 Å². The van der Waals surface area contributed by atoms with Gasteiger partial charge in [-0.25, -0.2) is 8.42 Å². The van der Waals surface area contributed by atoms with Gasteiger partial charge in [0.05, 0.1) is 10.6 Å². The second-order valence-corrected chi connectivity index (χ2v) is 10.7. The number of hydrogen-bond donors (Lipinski definition) is 1. The van der Waals surface area contributed by atoms with Crippen molar-refractivity contribution < 1.29 is 18.0 Å². The Balaban J connectivity index is 1.90. The van der Waals surface area contributed by atoms with Crippen molar-refractivity contribution in [3.63, 3.8) is 0 Å². The molecule has 3 rings (SSSR count). The number of amides is 2. The summed E-state index contributed by atoms with van der Waals surface area (Å²) >= 11 is 0. The maximum absolute atomic E-state index is 13.7. The van der Waals surface area contributed by atoms with E-state index in [9.17, 15) is 18.0 Å². The van der Waals surface area contributed by atoms with E-state index in [4.69, 9.17) is 0 Å². The summed E-state index contributed by atoms with van der Waals surface area (Å²) in [7, 11) is -4.03. The zero-order chi connectivity index (χ0) is 26.7. The van der Waals surface area contributed by atoms with E-state index in [0.717, 1.165) is 22.7 Å². The average molecular weight is 522 g/mol. The Bertz CT molecular complexity index is 1240. The molecule has 0 spiro atoms. The lowest BCUT2D eigenvalue weighted by Crippen LogP contribution is -2.52. The van der Waals surface area contributed by atoms with Crippen LogP contribution in [0.5, 0.6) is 0 Å². The Morgan fingerprint density at radius 1 is 0.865 bits per heavy atom. The Labute approximate surface area is 220 Å². The molecule has 0 radical (unpaired) electrons. The van der Waals surface area contributed by atoms with Crippen molar-refractivity contribution >= 4 is 27.5 Å². The number of nitrogens with zero attached hydrogens (tertiary/aromatic N) is 2. The van der Waals surface area contributed by atoms with Gasteiger partial charge in [0, 0.05) is 13.1 Å². The maximum Gasteiger partial charge on any atom is 0.264 e. The third-order valence-electron chi connectivity index (χ3n) is 6.14. The number of nitrogens with one attached hydrogen (secondary N) is 1. The van der Waals surface area contributed by atoms with Crippen LogP contribution in [-0.2, 0) is 26.0 Å². The zero-order valence-corrected chi connectivity index (χ0v) is 22.2. The molecule has 0 bridgehead atoms. The molecule has 1 atom stereocenters. The standard InChI is InChI=1S/C29H35N3O4S/c1-3-4-21-30-29(34)24(2)31(22-20-25-14-8-5-9-15-25)28(33)23-32(26-16-10-6-11-17-26)37(35,36)27-18-12-7-13-19-27/h5-19,24H,3-4,20-23H2,1-2H3,(H,30,34)/t24-/m0/s1. The van der Waals surface area contributed by atoms with E-state index in [1.807, 2.05) is 37.3 Å². The van der Waals surface area contributed by atoms with E-state index in [1.54, 1.807) is 55.5 Å². The molecule has 0 saturated heterocycles. The molecule has 0 heterocycles. The summed E-state index contributed by atoms with van der Waals surface area (Å²) in [6.45, 7) is 4.10. The second kappa shape index (κ2) is 13.6. The van der Waals surface area contributed by atoms with Crippen molar-refractivity contribution in [2.24, 2.45) is 0 Å². The Morgan fingerprint density at radius 3 is 2.03 bits per heavy atom. The van der Waals surface area contributed by atoms with Gasteiger partial charge in [0.25, 0.3) is 10.0 Å². The van der Waals surface area contributed by atoms with Gasteiger partial charge < -0.3 is 10.2 Å². The fraction of sp³-hybridized carbons (Fsp3) is 0.310. The number of unbranched alkanes of at least 4 members (excludes halogenated alkanes) is 1. The van der Waals surface area contributed by atoms with Crippen molar-refractivity contribution in [1.29, 1.82) is 0 Å². The second-order valence-electron chi connectivity index (χ2n) is 8.80. The number of anilines is 1. The van der Waals surface area contributed by atoms with Gasteiger partial charge in [-0.15, -0.1) is 0 Å². The molecule has 2 amide bonds. The predicted octanol–water partition coefficient (Wildman–Crippen LogP) is 4.26. The van der Waals surface area contributed by atoms with Crippen LogP contribution in [-0.4, -0.2) is 50.8 Å². The van der Waals surface area contributed by atoms with Gasteiger partial charge in [0.2, 0.25) is 11.8 Å². The first-order valence-electron chi connectivity index (χ1n) is 12.6. The summed E-state index contributed by atoms with van der Waals surface area (Å²) in [6, 6.07) is 25.5. The number of carbonyl (C=O) groups excluding carboxylic acids is 2. The normalized spacial score (nSPS) is 11.9. The molecule has 0 aliphatic heterocycles. The third kappa shape index (κ3) is 7.67. The molecule has 3 aromatic carbocycles. The molecular formula is C29H35N3O4S. The first-order valence-corrected chi connectivity index (χ1v) is 14.0. The number of carbonyl (C=O) groups is 2. The molecule has 3 aromatic rings. The van der Waals surface area contributed by atoms with Gasteiger partial charge in [0.1, 0.15) is 12.6 Å². The highest BCUT2D eigenvalue weighted by Gasteiger charge is 2.32. The minimum absolute atomic E-state index is 0.0906. The zero-order valence-electron chi connectivity index (χ0n) is 21.4. The smallest absolute Gasteiger partial charge is 0.264 e. The predicted molar refractivity (Wildman–Crippen MR) is 147 cm³/mol. The lowest BCUT2D eigenvalue weighted by atomic mass is 10.1. The quantitative estimate of drug-likeness (QED) is 0.341. The molecule has 0 saturated carbocycles. The van der Waals surface area contributed by atoms with Crippen LogP contribution < -0.4 is 9.62 Å². The average Bonchev–Trinajstić information content (AvgIpc) is 2.93. The van der Waals surface area contributed by atoms with Crippen LogP contribution in [0.25, 0.3) is 0 Å². The fourth-order valence-corrected chi connectivity index (χ4v) is 5.38. The van der Waals surface area contributed by atoms with E-state index in [2.05, 4.69) is 5.32 Å². The minimum atomic E-state index is -4.03. The number of rotatable bonds is 13. The number of hydrogen-bond acceptors (Lipinski definition) is 4. The maximum atomic E-state index is 13.7. The van der Waals surface area contributed by atoms with E-state index in [0.29, 0.717) is 18.7 Å². The molecule has 0 unspecified atom stereocenters. The lowest BCUT2D eigenvalue weighted by molar-refractivity contribution is -0.138. The summed E-state index contributed by atoms with van der Waals surface area (Å²) in [4.78, 5) is 28.2. The molecule has 0 fully saturated rings. The first kappa shape index (κ1) is 27.9. The highest BCUT2D eigenvalue weighted by molar-refractivity contribution is 7.92. The van der Waals surface area contributed by atoms with Crippen molar-refractivity contribution in [2.45, 2.75) is 44.0 Å². The van der Waals surface area contributed by atoms with E-state index in [-0.39, 0.29) is 17.3 Å². The van der Waals surface area contributed by atoms with Crippen LogP contribution in [0.4, 0.5) is 5.69 Å². The van der Waals surface area contributed by atoms with Gasteiger partial charge in [-0.05, 0) is 49.6 Å². The van der Waals surface area contributed by atoms with E-state index >= 15 is 0 Å². The minimum Gasteiger partial charge on any atom is -0.354 e. The molecule has 0 aliphatic rings. The molecule has 0 aromatic heterocycles. The monoisotopic (exact) mass is 521 g/mol. The third-order valence-corrected chi connectivity index (χ3v) is 7.92. The molecule has 37 heavy (non-hydrogen) atoms. The first-order chi connectivity index (χ1) is 17.8. The van der Waals surface area contributed by atoms with Crippen LogP contribution >= 0.6 is 0 Å². The van der Waals surface area contributed by atoms with Crippen molar-refractivity contribution in [3.8, 4) is 0 Å². The lowest BCUT2D eigenvalue weighted by Gasteiger charge is -2.32. The van der Waals surface area contributed by atoms with Crippen molar-refractivity contribution in [1.82, 2.24) is 10.2 Å². The molecule has 8 heteroatoms.